The molecule has 0 radical (unpaired) electrons. The van der Waals surface area contributed by atoms with E-state index in [-0.39, 0.29) is 5.54 Å². The molecule has 1 heterocycles. The van der Waals surface area contributed by atoms with Crippen molar-refractivity contribution in [3.8, 4) is 5.69 Å². The molecule has 2 saturated carbocycles. The van der Waals surface area contributed by atoms with Crippen LogP contribution in [0.1, 0.15) is 55.7 Å². The molecule has 0 amide bonds. The van der Waals surface area contributed by atoms with Crippen molar-refractivity contribution < 1.29 is 4.79 Å². The minimum absolute atomic E-state index is 0.357. The summed E-state index contributed by atoms with van der Waals surface area (Å²) in [5.74, 6) is 0.618. The van der Waals surface area contributed by atoms with Crippen molar-refractivity contribution in [2.24, 2.45) is 4.99 Å². The van der Waals surface area contributed by atoms with Crippen molar-refractivity contribution in [2.45, 2.75) is 50.0 Å². The lowest BCUT2D eigenvalue weighted by atomic mass is 9.89. The molecule has 23 heavy (non-hydrogen) atoms. The summed E-state index contributed by atoms with van der Waals surface area (Å²) < 4.78 is 3.11. The molecule has 4 rings (SSSR count). The first kappa shape index (κ1) is 14.9. The Labute approximate surface area is 143 Å². The van der Waals surface area contributed by atoms with Crippen molar-refractivity contribution in [1.82, 2.24) is 9.78 Å². The number of carbonyl (C=O) groups excluding carboxylic acids is 1. The van der Waals surface area contributed by atoms with E-state index in [1.54, 1.807) is 6.08 Å². The number of isocyanates is 1. The van der Waals surface area contributed by atoms with Gasteiger partial charge in [0.25, 0.3) is 0 Å². The number of rotatable bonds is 4. The van der Waals surface area contributed by atoms with E-state index in [1.165, 1.54) is 18.5 Å². The van der Waals surface area contributed by atoms with Crippen molar-refractivity contribution >= 4 is 22.0 Å². The largest absolute Gasteiger partial charge is 0.236 e. The number of benzene rings is 1. The Hall–Kier alpha value is -1.71. The van der Waals surface area contributed by atoms with Gasteiger partial charge in [0.2, 0.25) is 6.08 Å². The maximum atomic E-state index is 10.8. The third kappa shape index (κ3) is 2.58. The highest BCUT2D eigenvalue weighted by atomic mass is 79.9. The predicted molar refractivity (Wildman–Crippen MR) is 91.5 cm³/mol. The van der Waals surface area contributed by atoms with E-state index < -0.39 is 0 Å². The SMILES string of the molecule is O=C=NC1(c2ccc(-n3ncc(Br)c3C3CC3)cc2)CCCC1. The van der Waals surface area contributed by atoms with Gasteiger partial charge < -0.3 is 0 Å². The number of hydrogen-bond donors (Lipinski definition) is 0. The Balaban J connectivity index is 1.70. The molecule has 2 aliphatic rings. The summed E-state index contributed by atoms with van der Waals surface area (Å²) in [6.45, 7) is 0. The van der Waals surface area contributed by atoms with E-state index in [0.29, 0.717) is 5.92 Å². The predicted octanol–water partition coefficient (Wildman–Crippen LogP) is 4.62. The Morgan fingerprint density at radius 2 is 1.91 bits per heavy atom. The monoisotopic (exact) mass is 371 g/mol. The van der Waals surface area contributed by atoms with Gasteiger partial charge in [-0.05, 0) is 59.3 Å². The Morgan fingerprint density at radius 3 is 2.52 bits per heavy atom. The topological polar surface area (TPSA) is 47.2 Å². The van der Waals surface area contributed by atoms with Gasteiger partial charge in [0.15, 0.2) is 0 Å². The lowest BCUT2D eigenvalue weighted by Gasteiger charge is -2.23. The highest BCUT2D eigenvalue weighted by Crippen LogP contribution is 2.45. The van der Waals surface area contributed by atoms with E-state index in [4.69, 9.17) is 0 Å². The minimum atomic E-state index is -0.357. The minimum Gasteiger partial charge on any atom is -0.236 e. The van der Waals surface area contributed by atoms with Gasteiger partial charge in [-0.2, -0.15) is 10.1 Å². The van der Waals surface area contributed by atoms with E-state index in [0.717, 1.165) is 41.4 Å². The van der Waals surface area contributed by atoms with Gasteiger partial charge in [0.1, 0.15) is 0 Å². The van der Waals surface area contributed by atoms with Crippen LogP contribution in [0.2, 0.25) is 0 Å². The molecule has 2 aromatic rings. The lowest BCUT2D eigenvalue weighted by molar-refractivity contribution is 0.456. The van der Waals surface area contributed by atoms with Crippen LogP contribution in [0.15, 0.2) is 39.9 Å². The van der Waals surface area contributed by atoms with Gasteiger partial charge in [-0.15, -0.1) is 0 Å². The number of halogens is 1. The van der Waals surface area contributed by atoms with Gasteiger partial charge in [-0.3, -0.25) is 0 Å². The Kier molecular flexibility index (Phi) is 3.70. The van der Waals surface area contributed by atoms with Gasteiger partial charge in [-0.1, -0.05) is 25.0 Å². The molecule has 2 fully saturated rings. The zero-order valence-corrected chi connectivity index (χ0v) is 14.4. The highest BCUT2D eigenvalue weighted by molar-refractivity contribution is 9.10. The standard InChI is InChI=1S/C18H18BrN3O/c19-16-11-21-22(17(16)13-3-4-13)15-7-5-14(6-8-15)18(20-12-23)9-1-2-10-18/h5-8,11,13H,1-4,9-10H2. The summed E-state index contributed by atoms with van der Waals surface area (Å²) >= 11 is 3.61. The average Bonchev–Trinajstić information content (AvgIpc) is 3.16. The molecule has 118 valence electrons. The van der Waals surface area contributed by atoms with Crippen LogP contribution >= 0.6 is 15.9 Å². The number of hydrogen-bond acceptors (Lipinski definition) is 3. The van der Waals surface area contributed by atoms with Gasteiger partial charge in [-0.25, -0.2) is 9.48 Å². The summed E-state index contributed by atoms with van der Waals surface area (Å²) in [7, 11) is 0. The van der Waals surface area contributed by atoms with Crippen LogP contribution in [0, 0.1) is 0 Å². The highest BCUT2D eigenvalue weighted by Gasteiger charge is 2.35. The zero-order valence-electron chi connectivity index (χ0n) is 12.8. The summed E-state index contributed by atoms with van der Waals surface area (Å²) in [5, 5.41) is 4.51. The van der Waals surface area contributed by atoms with Crippen LogP contribution in [-0.4, -0.2) is 15.9 Å². The molecule has 0 saturated heterocycles. The third-order valence-corrected chi connectivity index (χ3v) is 5.67. The van der Waals surface area contributed by atoms with Crippen molar-refractivity contribution in [3.63, 3.8) is 0 Å². The molecule has 4 nitrogen and oxygen atoms in total. The molecule has 0 bridgehead atoms. The van der Waals surface area contributed by atoms with E-state index >= 15 is 0 Å². The second-order valence-corrected chi connectivity index (χ2v) is 7.41. The first-order valence-electron chi connectivity index (χ1n) is 8.17. The molecular formula is C18H18BrN3O. The molecule has 5 heteroatoms. The van der Waals surface area contributed by atoms with Gasteiger partial charge in [0, 0.05) is 5.92 Å². The zero-order chi connectivity index (χ0) is 15.9. The van der Waals surface area contributed by atoms with Gasteiger partial charge >= 0.3 is 0 Å². The van der Waals surface area contributed by atoms with E-state index in [1.807, 2.05) is 10.9 Å². The van der Waals surface area contributed by atoms with Gasteiger partial charge in [0.05, 0.1) is 27.6 Å². The van der Waals surface area contributed by atoms with Crippen LogP contribution in [0.5, 0.6) is 0 Å². The number of nitrogens with zero attached hydrogens (tertiary/aromatic N) is 3. The smallest absolute Gasteiger partial charge is 0.235 e. The Morgan fingerprint density at radius 1 is 1.22 bits per heavy atom. The normalized spacial score (nSPS) is 19.5. The first-order chi connectivity index (χ1) is 11.2. The van der Waals surface area contributed by atoms with Crippen LogP contribution in [0.4, 0.5) is 0 Å². The van der Waals surface area contributed by atoms with Crippen LogP contribution < -0.4 is 0 Å². The molecule has 0 unspecified atom stereocenters. The molecule has 1 aromatic heterocycles. The van der Waals surface area contributed by atoms with E-state index in [2.05, 4.69) is 50.3 Å². The van der Waals surface area contributed by atoms with Crippen molar-refractivity contribution in [3.05, 3.63) is 46.2 Å². The maximum Gasteiger partial charge on any atom is 0.235 e. The summed E-state index contributed by atoms with van der Waals surface area (Å²) in [5.41, 5.74) is 3.08. The molecule has 1 aromatic carbocycles. The molecule has 0 spiro atoms. The second kappa shape index (κ2) is 5.73. The fourth-order valence-electron chi connectivity index (χ4n) is 3.69. The lowest BCUT2D eigenvalue weighted by Crippen LogP contribution is -2.18. The molecule has 0 N–H and O–H groups in total. The first-order valence-corrected chi connectivity index (χ1v) is 8.96. The summed E-state index contributed by atoms with van der Waals surface area (Å²) in [4.78, 5) is 15.0. The van der Waals surface area contributed by atoms with E-state index in [9.17, 15) is 4.79 Å². The van der Waals surface area contributed by atoms with Crippen molar-refractivity contribution in [2.75, 3.05) is 0 Å². The summed E-state index contributed by atoms with van der Waals surface area (Å²) in [6, 6.07) is 8.35. The third-order valence-electron chi connectivity index (χ3n) is 5.06. The fraction of sp³-hybridized carbons (Fsp3) is 0.444. The number of aliphatic imine (C=N–C) groups is 1. The quantitative estimate of drug-likeness (QED) is 0.581. The molecule has 0 aliphatic heterocycles. The van der Waals surface area contributed by atoms with Crippen LogP contribution in [0.3, 0.4) is 0 Å². The van der Waals surface area contributed by atoms with Crippen LogP contribution in [-0.2, 0) is 10.3 Å². The molecule has 2 aliphatic carbocycles. The average molecular weight is 372 g/mol. The van der Waals surface area contributed by atoms with Crippen molar-refractivity contribution in [1.29, 1.82) is 0 Å². The number of aromatic nitrogens is 2. The second-order valence-electron chi connectivity index (χ2n) is 6.55. The Bertz CT molecular complexity index is 764. The fourth-order valence-corrected chi connectivity index (χ4v) is 4.28. The summed E-state index contributed by atoms with van der Waals surface area (Å²) in [6.07, 6.45) is 10.2. The molecule has 0 atom stereocenters. The van der Waals surface area contributed by atoms with Crippen LogP contribution in [0.25, 0.3) is 5.69 Å². The maximum absolute atomic E-state index is 10.8. The molecular weight excluding hydrogens is 354 g/mol.